The highest BCUT2D eigenvalue weighted by molar-refractivity contribution is 5.67. The summed E-state index contributed by atoms with van der Waals surface area (Å²) >= 11 is 0. The third kappa shape index (κ3) is 5.23. The molecule has 0 aromatic rings. The Kier molecular flexibility index (Phi) is 5.41. The highest BCUT2D eigenvalue weighted by Crippen LogP contribution is 2.22. The largest absolute Gasteiger partial charge is 0.444 e. The molecule has 1 aliphatic rings. The minimum absolute atomic E-state index is 0.271. The van der Waals surface area contributed by atoms with Gasteiger partial charge in [0.05, 0.1) is 6.10 Å². The average molecular weight is 258 g/mol. The van der Waals surface area contributed by atoms with E-state index in [0.717, 1.165) is 19.4 Å². The first kappa shape index (κ1) is 15.2. The summed E-state index contributed by atoms with van der Waals surface area (Å²) in [7, 11) is 3.51. The van der Waals surface area contributed by atoms with E-state index in [1.165, 1.54) is 0 Å². The molecule has 1 amide bonds. The van der Waals surface area contributed by atoms with Gasteiger partial charge >= 0.3 is 6.09 Å². The smallest absolute Gasteiger partial charge is 0.410 e. The van der Waals surface area contributed by atoms with Crippen molar-refractivity contribution in [2.75, 3.05) is 27.2 Å². The van der Waals surface area contributed by atoms with Crippen LogP contribution in [0, 0.1) is 0 Å². The molecule has 1 rings (SSSR count). The lowest BCUT2D eigenvalue weighted by Crippen LogP contribution is -2.47. The van der Waals surface area contributed by atoms with E-state index in [9.17, 15) is 4.79 Å². The van der Waals surface area contributed by atoms with E-state index in [2.05, 4.69) is 5.32 Å². The minimum atomic E-state index is -0.432. The number of nitrogens with one attached hydrogen (secondary N) is 1. The summed E-state index contributed by atoms with van der Waals surface area (Å²) in [5.74, 6) is 0. The Balaban J connectivity index is 2.10. The lowest BCUT2D eigenvalue weighted by molar-refractivity contribution is 0.0149. The minimum Gasteiger partial charge on any atom is -0.444 e. The predicted molar refractivity (Wildman–Crippen MR) is 70.7 cm³/mol. The Morgan fingerprint density at radius 3 is 2.50 bits per heavy atom. The molecule has 0 aromatic heterocycles. The van der Waals surface area contributed by atoms with Gasteiger partial charge in [-0.15, -0.1) is 0 Å². The van der Waals surface area contributed by atoms with E-state index in [1.54, 1.807) is 19.1 Å². The van der Waals surface area contributed by atoms with Crippen molar-refractivity contribution in [1.82, 2.24) is 10.2 Å². The first-order valence-corrected chi connectivity index (χ1v) is 6.52. The number of likely N-dealkylation sites (N-methyl/N-ethyl adjacent to an activating group) is 1. The van der Waals surface area contributed by atoms with Gasteiger partial charge < -0.3 is 19.7 Å². The van der Waals surface area contributed by atoms with Gasteiger partial charge in [-0.1, -0.05) is 0 Å². The topological polar surface area (TPSA) is 50.8 Å². The molecule has 1 fully saturated rings. The number of ether oxygens (including phenoxy) is 2. The molecular weight excluding hydrogens is 232 g/mol. The number of nitrogens with zero attached hydrogens (tertiary/aromatic N) is 1. The zero-order chi connectivity index (χ0) is 13.8. The van der Waals surface area contributed by atoms with Gasteiger partial charge in [0.2, 0.25) is 0 Å². The predicted octanol–water partition coefficient (Wildman–Crippen LogP) is 1.62. The maximum atomic E-state index is 11.7. The Hall–Kier alpha value is -0.810. The maximum absolute atomic E-state index is 11.7. The van der Waals surface area contributed by atoms with Gasteiger partial charge in [0.25, 0.3) is 0 Å². The summed E-state index contributed by atoms with van der Waals surface area (Å²) in [5, 5.41) is 3.40. The van der Waals surface area contributed by atoms with Gasteiger partial charge in [0.15, 0.2) is 0 Å². The number of carbonyl (C=O) groups excluding carboxylic acids is 1. The van der Waals surface area contributed by atoms with Crippen molar-refractivity contribution in [3.63, 3.8) is 0 Å². The number of hydrogen-bond donors (Lipinski definition) is 1. The van der Waals surface area contributed by atoms with Crippen LogP contribution in [0.3, 0.4) is 0 Å². The molecule has 18 heavy (non-hydrogen) atoms. The van der Waals surface area contributed by atoms with E-state index in [1.807, 2.05) is 20.8 Å². The van der Waals surface area contributed by atoms with Crippen LogP contribution in [0.25, 0.3) is 0 Å². The van der Waals surface area contributed by atoms with Crippen LogP contribution in [0.15, 0.2) is 0 Å². The van der Waals surface area contributed by atoms with E-state index in [4.69, 9.17) is 9.47 Å². The third-order valence-electron chi connectivity index (χ3n) is 3.01. The summed E-state index contributed by atoms with van der Waals surface area (Å²) in [4.78, 5) is 13.3. The highest BCUT2D eigenvalue weighted by atomic mass is 16.6. The van der Waals surface area contributed by atoms with Crippen molar-refractivity contribution in [2.45, 2.75) is 51.4 Å². The molecule has 1 saturated carbocycles. The van der Waals surface area contributed by atoms with Gasteiger partial charge in [-0.25, -0.2) is 4.79 Å². The number of amides is 1. The van der Waals surface area contributed by atoms with Crippen LogP contribution in [-0.2, 0) is 9.47 Å². The molecule has 5 nitrogen and oxygen atoms in total. The fraction of sp³-hybridized carbons (Fsp3) is 0.923. The average Bonchev–Trinajstić information content (AvgIpc) is 2.18. The second-order valence-corrected chi connectivity index (χ2v) is 5.88. The second-order valence-electron chi connectivity index (χ2n) is 5.88. The number of carbonyl (C=O) groups is 1. The molecule has 0 heterocycles. The van der Waals surface area contributed by atoms with E-state index < -0.39 is 5.60 Å². The van der Waals surface area contributed by atoms with Crippen LogP contribution < -0.4 is 5.32 Å². The molecule has 1 aliphatic carbocycles. The van der Waals surface area contributed by atoms with Crippen molar-refractivity contribution >= 4 is 6.09 Å². The number of methoxy groups -OCH3 is 1. The molecule has 0 atom stereocenters. The second kappa shape index (κ2) is 6.38. The zero-order valence-corrected chi connectivity index (χ0v) is 12.2. The van der Waals surface area contributed by atoms with Gasteiger partial charge in [-0.2, -0.15) is 0 Å². The molecule has 1 N–H and O–H groups in total. The van der Waals surface area contributed by atoms with Crippen molar-refractivity contribution in [1.29, 1.82) is 0 Å². The summed E-state index contributed by atoms with van der Waals surface area (Å²) < 4.78 is 10.5. The Morgan fingerprint density at radius 2 is 2.00 bits per heavy atom. The molecule has 0 unspecified atom stereocenters. The lowest BCUT2D eigenvalue weighted by Gasteiger charge is -2.35. The van der Waals surface area contributed by atoms with Crippen LogP contribution >= 0.6 is 0 Å². The van der Waals surface area contributed by atoms with Gasteiger partial charge in [0, 0.05) is 33.3 Å². The van der Waals surface area contributed by atoms with Crippen LogP contribution in [0.2, 0.25) is 0 Å². The molecule has 0 aliphatic heterocycles. The van der Waals surface area contributed by atoms with E-state index in [0.29, 0.717) is 18.7 Å². The molecule has 0 bridgehead atoms. The van der Waals surface area contributed by atoms with Gasteiger partial charge in [-0.3, -0.25) is 0 Å². The van der Waals surface area contributed by atoms with Crippen LogP contribution in [0.1, 0.15) is 33.6 Å². The molecule has 106 valence electrons. The number of rotatable bonds is 5. The van der Waals surface area contributed by atoms with Crippen LogP contribution in [-0.4, -0.2) is 56.0 Å². The molecule has 0 saturated heterocycles. The fourth-order valence-corrected chi connectivity index (χ4v) is 1.79. The summed E-state index contributed by atoms with van der Waals surface area (Å²) in [6.45, 7) is 7.06. The van der Waals surface area contributed by atoms with Crippen LogP contribution in [0.4, 0.5) is 4.79 Å². The molecule has 0 spiro atoms. The highest BCUT2D eigenvalue weighted by Gasteiger charge is 2.28. The SMILES string of the molecule is COC1CC(NCCN(C)C(=O)OC(C)(C)C)C1. The van der Waals surface area contributed by atoms with Gasteiger partial charge in [-0.05, 0) is 33.6 Å². The summed E-state index contributed by atoms with van der Waals surface area (Å²) in [6, 6.07) is 0.530. The molecule has 5 heteroatoms. The van der Waals surface area contributed by atoms with Crippen molar-refractivity contribution < 1.29 is 14.3 Å². The quantitative estimate of drug-likeness (QED) is 0.814. The van der Waals surface area contributed by atoms with E-state index in [-0.39, 0.29) is 6.09 Å². The molecule has 0 aromatic carbocycles. The molecular formula is C13H26N2O3. The maximum Gasteiger partial charge on any atom is 0.410 e. The van der Waals surface area contributed by atoms with Crippen molar-refractivity contribution in [3.05, 3.63) is 0 Å². The Morgan fingerprint density at radius 1 is 1.39 bits per heavy atom. The monoisotopic (exact) mass is 258 g/mol. The first-order chi connectivity index (χ1) is 8.31. The van der Waals surface area contributed by atoms with Crippen molar-refractivity contribution in [3.8, 4) is 0 Å². The lowest BCUT2D eigenvalue weighted by atomic mass is 9.89. The normalized spacial score (nSPS) is 23.4. The third-order valence-corrected chi connectivity index (χ3v) is 3.01. The summed E-state index contributed by atoms with van der Waals surface area (Å²) in [6.07, 6.45) is 2.26. The first-order valence-electron chi connectivity index (χ1n) is 6.52. The fourth-order valence-electron chi connectivity index (χ4n) is 1.79. The Labute approximate surface area is 110 Å². The zero-order valence-electron chi connectivity index (χ0n) is 12.2. The van der Waals surface area contributed by atoms with E-state index >= 15 is 0 Å². The van der Waals surface area contributed by atoms with Crippen LogP contribution in [0.5, 0.6) is 0 Å². The standard InChI is InChI=1S/C13H26N2O3/c1-13(2,3)18-12(16)15(4)7-6-14-10-8-11(9-10)17-5/h10-11,14H,6-9H2,1-5H3. The van der Waals surface area contributed by atoms with Gasteiger partial charge in [0.1, 0.15) is 5.60 Å². The Bertz CT molecular complexity index is 270. The number of hydrogen-bond acceptors (Lipinski definition) is 4. The summed E-state index contributed by atoms with van der Waals surface area (Å²) in [5.41, 5.74) is -0.432. The van der Waals surface area contributed by atoms with Crippen molar-refractivity contribution in [2.24, 2.45) is 0 Å². The molecule has 0 radical (unpaired) electrons.